The molecule has 0 saturated carbocycles. The van der Waals surface area contributed by atoms with Crippen molar-refractivity contribution in [2.24, 2.45) is 10.7 Å². The van der Waals surface area contributed by atoms with Crippen molar-refractivity contribution in [3.63, 3.8) is 0 Å². The van der Waals surface area contributed by atoms with Crippen LogP contribution in [0.15, 0.2) is 58.4 Å². The third-order valence-corrected chi connectivity index (χ3v) is 4.25. The summed E-state index contributed by atoms with van der Waals surface area (Å²) in [6, 6.07) is 12.7. The number of nitrogens with two attached hydrogens (primary N) is 1. The number of hydrogen-bond acceptors (Lipinski definition) is 3. The highest BCUT2D eigenvalue weighted by Crippen LogP contribution is 2.22. The molecule has 3 N–H and O–H groups in total. The van der Waals surface area contributed by atoms with Gasteiger partial charge in [0.05, 0.1) is 6.54 Å². The lowest BCUT2D eigenvalue weighted by atomic mass is 10.2. The lowest BCUT2D eigenvalue weighted by molar-refractivity contribution is -0.274. The Hall–Kier alpha value is -2.55. The first-order valence-corrected chi connectivity index (χ1v) is 9.09. The van der Waals surface area contributed by atoms with Crippen LogP contribution in [0.1, 0.15) is 11.1 Å². The summed E-state index contributed by atoms with van der Waals surface area (Å²) in [5.74, 6) is -0.0726. The summed E-state index contributed by atoms with van der Waals surface area (Å²) >= 11 is 0. The zero-order chi connectivity index (χ0) is 19.2. The van der Waals surface area contributed by atoms with E-state index in [9.17, 15) is 17.4 Å². The van der Waals surface area contributed by atoms with Crippen LogP contribution >= 0.6 is 0 Å². The maximum absolute atomic E-state index is 12.1. The molecule has 0 amide bonds. The highest BCUT2D eigenvalue weighted by atomic mass is 32.2. The third-order valence-electron chi connectivity index (χ3n) is 3.32. The smallest absolute Gasteiger partial charge is 0.406 e. The molecule has 0 aliphatic heterocycles. The predicted octanol–water partition coefficient (Wildman–Crippen LogP) is 2.93. The zero-order valence-corrected chi connectivity index (χ0v) is 14.7. The Bertz CT molecular complexity index is 775. The van der Waals surface area contributed by atoms with Crippen molar-refractivity contribution < 1.29 is 22.1 Å². The fraction of sp³-hybridized carbons (Fsp3) is 0.235. The number of ether oxygens (including phenoxy) is 1. The molecular formula is C17H18F3N3O2S. The minimum Gasteiger partial charge on any atom is -0.406 e. The van der Waals surface area contributed by atoms with Gasteiger partial charge in [-0.1, -0.05) is 24.3 Å². The first kappa shape index (κ1) is 19.8. The van der Waals surface area contributed by atoms with E-state index in [4.69, 9.17) is 5.73 Å². The van der Waals surface area contributed by atoms with Crippen molar-refractivity contribution >= 4 is 16.8 Å². The number of hydrogen-bond donors (Lipinski definition) is 2. The summed E-state index contributed by atoms with van der Waals surface area (Å²) in [6.45, 7) is 0.670. The second-order valence-electron chi connectivity index (χ2n) is 5.34. The number of halogens is 3. The molecule has 0 heterocycles. The predicted molar refractivity (Wildman–Crippen MR) is 94.1 cm³/mol. The summed E-state index contributed by atoms with van der Waals surface area (Å²) in [4.78, 5) is 4.87. The van der Waals surface area contributed by atoms with Gasteiger partial charge >= 0.3 is 6.36 Å². The minimum atomic E-state index is -4.71. The van der Waals surface area contributed by atoms with Crippen LogP contribution in [0.2, 0.25) is 0 Å². The van der Waals surface area contributed by atoms with Crippen LogP contribution in [0, 0.1) is 0 Å². The van der Waals surface area contributed by atoms with E-state index in [1.807, 2.05) is 12.1 Å². The molecule has 0 radical (unpaired) electrons. The molecule has 0 aliphatic rings. The van der Waals surface area contributed by atoms with Gasteiger partial charge in [-0.3, -0.25) is 4.21 Å². The van der Waals surface area contributed by atoms with Crippen molar-refractivity contribution in [3.05, 3.63) is 59.7 Å². The average molecular weight is 385 g/mol. The van der Waals surface area contributed by atoms with Gasteiger partial charge in [0.2, 0.25) is 0 Å². The fourth-order valence-corrected chi connectivity index (χ4v) is 2.54. The van der Waals surface area contributed by atoms with Gasteiger partial charge in [-0.15, -0.1) is 13.2 Å². The van der Waals surface area contributed by atoms with Gasteiger partial charge in [-0.05, 0) is 35.4 Å². The van der Waals surface area contributed by atoms with Crippen molar-refractivity contribution in [2.75, 3.05) is 6.26 Å². The first-order chi connectivity index (χ1) is 12.2. The molecule has 0 bridgehead atoms. The molecule has 0 aromatic heterocycles. The van der Waals surface area contributed by atoms with Crippen molar-refractivity contribution in [2.45, 2.75) is 24.3 Å². The van der Waals surface area contributed by atoms with Gasteiger partial charge in [-0.2, -0.15) is 0 Å². The number of alkyl halides is 3. The summed E-state index contributed by atoms with van der Waals surface area (Å²) in [5.41, 5.74) is 7.42. The van der Waals surface area contributed by atoms with E-state index in [0.717, 1.165) is 10.5 Å². The second-order valence-corrected chi connectivity index (χ2v) is 6.72. The van der Waals surface area contributed by atoms with E-state index in [-0.39, 0.29) is 18.3 Å². The number of nitrogens with zero attached hydrogens (tertiary/aromatic N) is 1. The molecule has 26 heavy (non-hydrogen) atoms. The van der Waals surface area contributed by atoms with Gasteiger partial charge in [-0.25, -0.2) is 4.99 Å². The molecule has 0 fully saturated rings. The Morgan fingerprint density at radius 3 is 2.23 bits per heavy atom. The molecule has 0 saturated heterocycles. The van der Waals surface area contributed by atoms with Crippen LogP contribution in [0.5, 0.6) is 5.75 Å². The Balaban J connectivity index is 1.85. The third kappa shape index (κ3) is 6.75. The summed E-state index contributed by atoms with van der Waals surface area (Å²) in [5, 5.41) is 2.94. The molecule has 0 spiro atoms. The molecule has 2 aromatic carbocycles. The minimum absolute atomic E-state index is 0.212. The van der Waals surface area contributed by atoms with E-state index in [1.165, 1.54) is 24.3 Å². The topological polar surface area (TPSA) is 76.7 Å². The monoisotopic (exact) mass is 385 g/mol. The van der Waals surface area contributed by atoms with E-state index in [0.29, 0.717) is 12.1 Å². The average Bonchev–Trinajstić information content (AvgIpc) is 2.58. The Morgan fingerprint density at radius 1 is 1.12 bits per heavy atom. The number of benzene rings is 2. The van der Waals surface area contributed by atoms with Crippen LogP contribution in [0.4, 0.5) is 13.2 Å². The van der Waals surface area contributed by atoms with Crippen molar-refractivity contribution in [3.8, 4) is 5.75 Å². The number of nitrogens with one attached hydrogen (secondary N) is 1. The lowest BCUT2D eigenvalue weighted by Gasteiger charge is -2.09. The molecule has 2 rings (SSSR count). The van der Waals surface area contributed by atoms with Gasteiger partial charge in [0.15, 0.2) is 5.96 Å². The maximum atomic E-state index is 12.1. The van der Waals surface area contributed by atoms with Gasteiger partial charge in [0.1, 0.15) is 5.75 Å². The standard InChI is InChI=1S/C17H18F3N3O2S/c1-26(24)15-8-4-13(5-9-15)11-23-16(21)22-10-12-2-6-14(7-3-12)25-17(18,19)20/h2-9H,10-11H2,1H3,(H3,21,22,23). The highest BCUT2D eigenvalue weighted by Gasteiger charge is 2.30. The summed E-state index contributed by atoms with van der Waals surface area (Å²) in [6.07, 6.45) is -3.10. The molecule has 5 nitrogen and oxygen atoms in total. The number of guanidine groups is 1. The Kier molecular flexibility index (Phi) is 6.62. The Morgan fingerprint density at radius 2 is 1.69 bits per heavy atom. The molecule has 2 aromatic rings. The Labute approximate surface area is 151 Å². The molecule has 1 atom stereocenters. The fourth-order valence-electron chi connectivity index (χ4n) is 2.02. The molecule has 0 aliphatic carbocycles. The highest BCUT2D eigenvalue weighted by molar-refractivity contribution is 7.84. The second kappa shape index (κ2) is 8.70. The molecule has 9 heteroatoms. The zero-order valence-electron chi connectivity index (χ0n) is 13.9. The van der Waals surface area contributed by atoms with Crippen molar-refractivity contribution in [1.82, 2.24) is 5.32 Å². The van der Waals surface area contributed by atoms with Gasteiger partial charge in [0.25, 0.3) is 0 Å². The molecule has 140 valence electrons. The largest absolute Gasteiger partial charge is 0.573 e. The van der Waals surface area contributed by atoms with E-state index in [1.54, 1.807) is 18.4 Å². The van der Waals surface area contributed by atoms with Crippen molar-refractivity contribution in [1.29, 1.82) is 0 Å². The van der Waals surface area contributed by atoms with E-state index < -0.39 is 17.2 Å². The van der Waals surface area contributed by atoms with Gasteiger partial charge in [0, 0.05) is 28.5 Å². The summed E-state index contributed by atoms with van der Waals surface area (Å²) < 4.78 is 51.4. The molecular weight excluding hydrogens is 367 g/mol. The molecule has 1 unspecified atom stereocenters. The lowest BCUT2D eigenvalue weighted by Crippen LogP contribution is -2.31. The first-order valence-electron chi connectivity index (χ1n) is 7.54. The van der Waals surface area contributed by atoms with Gasteiger partial charge < -0.3 is 15.8 Å². The van der Waals surface area contributed by atoms with E-state index in [2.05, 4.69) is 15.0 Å². The quantitative estimate of drug-likeness (QED) is 0.592. The number of rotatable bonds is 6. The number of aliphatic imine (C=N–C) groups is 1. The normalized spacial score (nSPS) is 13.3. The van der Waals surface area contributed by atoms with E-state index >= 15 is 0 Å². The summed E-state index contributed by atoms with van der Waals surface area (Å²) in [7, 11) is -1.02. The van der Waals surface area contributed by atoms with Crippen LogP contribution in [0.3, 0.4) is 0 Å². The maximum Gasteiger partial charge on any atom is 0.573 e. The SMILES string of the molecule is CS(=O)c1ccc(CNC(N)=NCc2ccc(OC(F)(F)F)cc2)cc1. The van der Waals surface area contributed by atoms with Crippen LogP contribution in [0.25, 0.3) is 0 Å². The van der Waals surface area contributed by atoms with Crippen LogP contribution < -0.4 is 15.8 Å². The van der Waals surface area contributed by atoms with Crippen LogP contribution in [-0.4, -0.2) is 22.8 Å². The van der Waals surface area contributed by atoms with Crippen LogP contribution in [-0.2, 0) is 23.9 Å².